The van der Waals surface area contributed by atoms with Crippen LogP contribution in [0, 0.1) is 11.8 Å². The molecule has 0 aromatic rings. The van der Waals surface area contributed by atoms with Crippen molar-refractivity contribution in [2.45, 2.75) is 76.7 Å². The summed E-state index contributed by atoms with van der Waals surface area (Å²) < 4.78 is 0. The van der Waals surface area contributed by atoms with E-state index in [1.807, 2.05) is 0 Å². The summed E-state index contributed by atoms with van der Waals surface area (Å²) in [7, 11) is 0. The summed E-state index contributed by atoms with van der Waals surface area (Å²) in [5.41, 5.74) is -0.0368. The molecule has 2 rings (SSSR count). The standard InChI is InChI=1S/C16H29NO2/c1-2-3-4-13-5-7-14(8-6-13)15(19)17-16(9-10-16)11-12-18/h13-14,18H,2-12H2,1H3,(H,17,19). The Bertz CT molecular complexity index is 291. The van der Waals surface area contributed by atoms with Gasteiger partial charge in [-0.2, -0.15) is 0 Å². The molecule has 0 saturated heterocycles. The zero-order chi connectivity index (χ0) is 13.7. The Kier molecular flexibility index (Phi) is 5.26. The Morgan fingerprint density at radius 3 is 2.47 bits per heavy atom. The van der Waals surface area contributed by atoms with Crippen molar-refractivity contribution in [1.29, 1.82) is 0 Å². The van der Waals surface area contributed by atoms with Gasteiger partial charge in [-0.15, -0.1) is 0 Å². The Morgan fingerprint density at radius 2 is 1.95 bits per heavy atom. The van der Waals surface area contributed by atoms with Crippen LogP contribution in [0.4, 0.5) is 0 Å². The average Bonchev–Trinajstić information content (AvgIpc) is 3.17. The van der Waals surface area contributed by atoms with E-state index >= 15 is 0 Å². The molecule has 0 atom stereocenters. The maximum Gasteiger partial charge on any atom is 0.223 e. The molecule has 0 bridgehead atoms. The fourth-order valence-electron chi connectivity index (χ4n) is 3.37. The third kappa shape index (κ3) is 4.20. The molecular weight excluding hydrogens is 238 g/mol. The molecule has 0 aromatic carbocycles. The molecule has 0 spiro atoms. The van der Waals surface area contributed by atoms with Gasteiger partial charge < -0.3 is 10.4 Å². The molecule has 2 fully saturated rings. The molecule has 0 radical (unpaired) electrons. The smallest absolute Gasteiger partial charge is 0.223 e. The molecule has 3 heteroatoms. The van der Waals surface area contributed by atoms with Crippen molar-refractivity contribution in [2.24, 2.45) is 11.8 Å². The molecule has 0 aliphatic heterocycles. The highest BCUT2D eigenvalue weighted by Crippen LogP contribution is 2.39. The molecule has 0 heterocycles. The van der Waals surface area contributed by atoms with E-state index in [-0.39, 0.29) is 24.0 Å². The molecule has 110 valence electrons. The van der Waals surface area contributed by atoms with Crippen LogP contribution >= 0.6 is 0 Å². The van der Waals surface area contributed by atoms with Gasteiger partial charge in [0.25, 0.3) is 0 Å². The second kappa shape index (κ2) is 6.74. The highest BCUT2D eigenvalue weighted by atomic mass is 16.3. The molecule has 0 aromatic heterocycles. The SMILES string of the molecule is CCCCC1CCC(C(=O)NC2(CCO)CC2)CC1. The third-order valence-electron chi connectivity index (χ3n) is 5.02. The molecule has 0 unspecified atom stereocenters. The minimum absolute atomic E-state index is 0.0368. The van der Waals surface area contributed by atoms with Gasteiger partial charge in [-0.1, -0.05) is 26.2 Å². The largest absolute Gasteiger partial charge is 0.396 e. The van der Waals surface area contributed by atoms with Crippen molar-refractivity contribution >= 4 is 5.91 Å². The number of unbranched alkanes of at least 4 members (excludes halogenated alkanes) is 1. The van der Waals surface area contributed by atoms with Gasteiger partial charge in [0.1, 0.15) is 0 Å². The van der Waals surface area contributed by atoms with Crippen LogP contribution in [-0.4, -0.2) is 23.2 Å². The van der Waals surface area contributed by atoms with Gasteiger partial charge in [0.15, 0.2) is 0 Å². The van der Waals surface area contributed by atoms with E-state index < -0.39 is 0 Å². The second-order valence-electron chi connectivity index (χ2n) is 6.60. The Labute approximate surface area is 117 Å². The first kappa shape index (κ1) is 14.8. The predicted octanol–water partition coefficient (Wildman–Crippen LogP) is 3.01. The summed E-state index contributed by atoms with van der Waals surface area (Å²) >= 11 is 0. The lowest BCUT2D eigenvalue weighted by Crippen LogP contribution is -2.42. The number of aliphatic hydroxyl groups excluding tert-OH is 1. The molecule has 19 heavy (non-hydrogen) atoms. The van der Waals surface area contributed by atoms with Crippen LogP contribution in [0.3, 0.4) is 0 Å². The molecule has 1 amide bonds. The first-order chi connectivity index (χ1) is 9.19. The Morgan fingerprint density at radius 1 is 1.26 bits per heavy atom. The number of amides is 1. The number of hydrogen-bond donors (Lipinski definition) is 2. The van der Waals surface area contributed by atoms with E-state index in [2.05, 4.69) is 12.2 Å². The summed E-state index contributed by atoms with van der Waals surface area (Å²) in [6.07, 6.45) is 11.4. The molecule has 3 nitrogen and oxygen atoms in total. The van der Waals surface area contributed by atoms with Crippen LogP contribution in [0.15, 0.2) is 0 Å². The van der Waals surface area contributed by atoms with Gasteiger partial charge in [0.05, 0.1) is 0 Å². The normalized spacial score (nSPS) is 28.9. The molecular formula is C16H29NO2. The zero-order valence-electron chi connectivity index (χ0n) is 12.3. The van der Waals surface area contributed by atoms with E-state index in [0.717, 1.165) is 38.0 Å². The Balaban J connectivity index is 1.70. The fourth-order valence-corrected chi connectivity index (χ4v) is 3.37. The monoisotopic (exact) mass is 267 g/mol. The number of carbonyl (C=O) groups excluding carboxylic acids is 1. The van der Waals surface area contributed by atoms with Crippen LogP contribution in [0.25, 0.3) is 0 Å². The average molecular weight is 267 g/mol. The highest BCUT2D eigenvalue weighted by molar-refractivity contribution is 5.80. The predicted molar refractivity (Wildman–Crippen MR) is 76.8 cm³/mol. The van der Waals surface area contributed by atoms with E-state index in [1.54, 1.807) is 0 Å². The van der Waals surface area contributed by atoms with Crippen LogP contribution in [0.2, 0.25) is 0 Å². The van der Waals surface area contributed by atoms with E-state index in [4.69, 9.17) is 5.11 Å². The Hall–Kier alpha value is -0.570. The number of carbonyl (C=O) groups is 1. The summed E-state index contributed by atoms with van der Waals surface area (Å²) in [5, 5.41) is 12.2. The van der Waals surface area contributed by atoms with Gasteiger partial charge in [0.2, 0.25) is 5.91 Å². The zero-order valence-corrected chi connectivity index (χ0v) is 12.3. The van der Waals surface area contributed by atoms with Crippen molar-refractivity contribution in [2.75, 3.05) is 6.61 Å². The minimum atomic E-state index is -0.0368. The number of nitrogens with one attached hydrogen (secondary N) is 1. The quantitative estimate of drug-likeness (QED) is 0.745. The van der Waals surface area contributed by atoms with Crippen molar-refractivity contribution < 1.29 is 9.90 Å². The lowest BCUT2D eigenvalue weighted by molar-refractivity contribution is -0.127. The molecule has 2 aliphatic carbocycles. The van der Waals surface area contributed by atoms with Crippen molar-refractivity contribution in [1.82, 2.24) is 5.32 Å². The molecule has 2 N–H and O–H groups in total. The van der Waals surface area contributed by atoms with Gasteiger partial charge in [0, 0.05) is 18.1 Å². The van der Waals surface area contributed by atoms with Gasteiger partial charge in [-0.25, -0.2) is 0 Å². The van der Waals surface area contributed by atoms with Crippen LogP contribution in [0.5, 0.6) is 0 Å². The first-order valence-corrected chi connectivity index (χ1v) is 8.12. The molecule has 2 saturated carbocycles. The number of hydrogen-bond acceptors (Lipinski definition) is 2. The maximum atomic E-state index is 12.3. The van der Waals surface area contributed by atoms with Gasteiger partial charge >= 0.3 is 0 Å². The maximum absolute atomic E-state index is 12.3. The van der Waals surface area contributed by atoms with Crippen molar-refractivity contribution in [3.05, 3.63) is 0 Å². The number of rotatable bonds is 7. The van der Waals surface area contributed by atoms with Crippen molar-refractivity contribution in [3.8, 4) is 0 Å². The van der Waals surface area contributed by atoms with E-state index in [1.165, 1.54) is 32.1 Å². The summed E-state index contributed by atoms with van der Waals surface area (Å²) in [5.74, 6) is 1.34. The summed E-state index contributed by atoms with van der Waals surface area (Å²) in [4.78, 5) is 12.3. The minimum Gasteiger partial charge on any atom is -0.396 e. The van der Waals surface area contributed by atoms with E-state index in [0.29, 0.717) is 0 Å². The summed E-state index contributed by atoms with van der Waals surface area (Å²) in [6, 6.07) is 0. The number of aliphatic hydroxyl groups is 1. The van der Waals surface area contributed by atoms with Crippen LogP contribution in [-0.2, 0) is 4.79 Å². The van der Waals surface area contributed by atoms with Gasteiger partial charge in [-0.05, 0) is 50.9 Å². The third-order valence-corrected chi connectivity index (χ3v) is 5.02. The van der Waals surface area contributed by atoms with Gasteiger partial charge in [-0.3, -0.25) is 4.79 Å². The summed E-state index contributed by atoms with van der Waals surface area (Å²) in [6.45, 7) is 2.43. The first-order valence-electron chi connectivity index (χ1n) is 8.12. The lowest BCUT2D eigenvalue weighted by Gasteiger charge is -2.29. The highest BCUT2D eigenvalue weighted by Gasteiger charge is 2.44. The van der Waals surface area contributed by atoms with Crippen molar-refractivity contribution in [3.63, 3.8) is 0 Å². The second-order valence-corrected chi connectivity index (χ2v) is 6.60. The molecule has 2 aliphatic rings. The van der Waals surface area contributed by atoms with Crippen LogP contribution in [0.1, 0.15) is 71.1 Å². The topological polar surface area (TPSA) is 49.3 Å². The lowest BCUT2D eigenvalue weighted by atomic mass is 9.79. The van der Waals surface area contributed by atoms with Crippen LogP contribution < -0.4 is 5.32 Å². The fraction of sp³-hybridized carbons (Fsp3) is 0.938. The van der Waals surface area contributed by atoms with E-state index in [9.17, 15) is 4.79 Å².